The Morgan fingerprint density at radius 3 is 2.82 bits per heavy atom. The Kier molecular flexibility index (Phi) is 6.32. The number of piperidine rings is 1. The number of pyridine rings is 2. The van der Waals surface area contributed by atoms with Crippen molar-refractivity contribution in [3.8, 4) is 17.2 Å². The third kappa shape index (κ3) is 4.18. The van der Waals surface area contributed by atoms with Gasteiger partial charge in [0, 0.05) is 53.7 Å². The monoisotopic (exact) mass is 477 g/mol. The number of nitriles is 1. The van der Waals surface area contributed by atoms with E-state index in [1.807, 2.05) is 18.5 Å². The summed E-state index contributed by atoms with van der Waals surface area (Å²) in [6, 6.07) is 7.36. The number of aromatic nitrogens is 5. The van der Waals surface area contributed by atoms with Crippen LogP contribution in [0.15, 0.2) is 52.9 Å². The van der Waals surface area contributed by atoms with Gasteiger partial charge in [-0.3, -0.25) is 4.68 Å². The molecule has 0 spiro atoms. The van der Waals surface area contributed by atoms with Crippen LogP contribution < -0.4 is 0 Å². The van der Waals surface area contributed by atoms with Gasteiger partial charge in [0.1, 0.15) is 11.1 Å². The maximum Gasteiger partial charge on any atom is 0.155 e. The van der Waals surface area contributed by atoms with Crippen molar-refractivity contribution in [2.75, 3.05) is 26.2 Å². The lowest BCUT2D eigenvalue weighted by Gasteiger charge is -2.32. The van der Waals surface area contributed by atoms with Gasteiger partial charge in [-0.2, -0.15) is 15.5 Å². The van der Waals surface area contributed by atoms with Crippen molar-refractivity contribution in [1.82, 2.24) is 29.3 Å². The highest BCUT2D eigenvalue weighted by atomic mass is 32.2. The first-order valence-corrected chi connectivity index (χ1v) is 12.0. The van der Waals surface area contributed by atoms with Crippen LogP contribution in [0, 0.1) is 24.1 Å². The van der Waals surface area contributed by atoms with Gasteiger partial charge in [0.15, 0.2) is 5.82 Å². The van der Waals surface area contributed by atoms with E-state index in [-0.39, 0.29) is 11.6 Å². The van der Waals surface area contributed by atoms with Crippen LogP contribution >= 0.6 is 11.8 Å². The number of likely N-dealkylation sites (tertiary alicyclic amines) is 1. The zero-order valence-corrected chi connectivity index (χ0v) is 19.5. The van der Waals surface area contributed by atoms with Gasteiger partial charge in [0.25, 0.3) is 0 Å². The molecule has 4 aromatic rings. The number of aliphatic hydroxyl groups excluding tert-OH is 1. The zero-order valence-electron chi connectivity index (χ0n) is 18.7. The van der Waals surface area contributed by atoms with Crippen LogP contribution in [0.3, 0.4) is 0 Å². The smallest absolute Gasteiger partial charge is 0.155 e. The zero-order chi connectivity index (χ0) is 23.7. The van der Waals surface area contributed by atoms with Crippen LogP contribution in [-0.2, 0) is 0 Å². The van der Waals surface area contributed by atoms with Crippen molar-refractivity contribution in [3.63, 3.8) is 0 Å². The van der Waals surface area contributed by atoms with E-state index in [0.717, 1.165) is 42.8 Å². The van der Waals surface area contributed by atoms with Crippen LogP contribution in [-0.4, -0.2) is 60.6 Å². The summed E-state index contributed by atoms with van der Waals surface area (Å²) in [7, 11) is 0. The van der Waals surface area contributed by atoms with Crippen molar-refractivity contribution in [2.24, 2.45) is 0 Å². The Labute approximate surface area is 200 Å². The summed E-state index contributed by atoms with van der Waals surface area (Å²) < 4.78 is 18.1. The molecule has 1 aliphatic heterocycles. The highest BCUT2D eigenvalue weighted by molar-refractivity contribution is 7.99. The van der Waals surface area contributed by atoms with Gasteiger partial charge in [-0.05, 0) is 38.0 Å². The molecule has 0 bridgehead atoms. The lowest BCUT2D eigenvalue weighted by molar-refractivity contribution is 0.145. The minimum absolute atomic E-state index is 0.182. The summed E-state index contributed by atoms with van der Waals surface area (Å²) in [6.07, 6.45) is 8.77. The first-order chi connectivity index (χ1) is 16.6. The predicted octanol–water partition coefficient (Wildman–Crippen LogP) is 3.69. The summed E-state index contributed by atoms with van der Waals surface area (Å²) in [6.45, 7) is 4.82. The summed E-state index contributed by atoms with van der Waals surface area (Å²) in [5.41, 5.74) is 3.96. The third-order valence-electron chi connectivity index (χ3n) is 6.30. The molecule has 0 atom stereocenters. The number of rotatable bonds is 6. The van der Waals surface area contributed by atoms with Gasteiger partial charge in [0.05, 0.1) is 36.1 Å². The molecule has 1 saturated heterocycles. The van der Waals surface area contributed by atoms with Crippen molar-refractivity contribution in [3.05, 3.63) is 60.1 Å². The van der Waals surface area contributed by atoms with Crippen LogP contribution in [0.5, 0.6) is 0 Å². The molecular formula is C24H24FN7OS. The van der Waals surface area contributed by atoms with E-state index in [2.05, 4.69) is 32.7 Å². The van der Waals surface area contributed by atoms with Crippen molar-refractivity contribution in [1.29, 1.82) is 5.26 Å². The molecule has 0 amide bonds. The lowest BCUT2D eigenvalue weighted by Crippen LogP contribution is -2.36. The van der Waals surface area contributed by atoms with E-state index in [9.17, 15) is 14.8 Å². The number of aliphatic hydroxyl groups is 1. The van der Waals surface area contributed by atoms with E-state index >= 15 is 0 Å². The van der Waals surface area contributed by atoms with Crippen molar-refractivity contribution >= 4 is 17.3 Å². The molecule has 34 heavy (non-hydrogen) atoms. The molecule has 8 nitrogen and oxygen atoms in total. The van der Waals surface area contributed by atoms with Crippen LogP contribution in [0.25, 0.3) is 16.6 Å². The Bertz CT molecular complexity index is 1370. The van der Waals surface area contributed by atoms with E-state index in [4.69, 9.17) is 5.10 Å². The van der Waals surface area contributed by atoms with Gasteiger partial charge >= 0.3 is 0 Å². The second kappa shape index (κ2) is 9.54. The van der Waals surface area contributed by atoms with Crippen LogP contribution in [0.2, 0.25) is 0 Å². The minimum Gasteiger partial charge on any atom is -0.395 e. The largest absolute Gasteiger partial charge is 0.395 e. The Balaban J connectivity index is 1.51. The van der Waals surface area contributed by atoms with Gasteiger partial charge in [0.2, 0.25) is 0 Å². The van der Waals surface area contributed by atoms with Gasteiger partial charge in [-0.15, -0.1) is 0 Å². The van der Waals surface area contributed by atoms with Gasteiger partial charge in [-0.25, -0.2) is 13.9 Å². The molecule has 1 N–H and O–H groups in total. The fourth-order valence-electron chi connectivity index (χ4n) is 4.55. The van der Waals surface area contributed by atoms with Gasteiger partial charge < -0.3 is 10.0 Å². The highest BCUT2D eigenvalue weighted by Crippen LogP contribution is 2.37. The Morgan fingerprint density at radius 1 is 1.26 bits per heavy atom. The summed E-state index contributed by atoms with van der Waals surface area (Å²) in [5, 5.41) is 28.1. The number of β-amino-alcohol motifs (C(OH)–C–C–N with tert-alkyl or cyclic N) is 1. The average molecular weight is 478 g/mol. The fourth-order valence-corrected chi connectivity index (χ4v) is 5.52. The molecule has 5 rings (SSSR count). The number of hydrogen-bond acceptors (Lipinski definition) is 7. The fraction of sp³-hybridized carbons (Fsp3) is 0.333. The predicted molar refractivity (Wildman–Crippen MR) is 126 cm³/mol. The van der Waals surface area contributed by atoms with Crippen LogP contribution in [0.1, 0.15) is 30.1 Å². The number of halogens is 1. The van der Waals surface area contributed by atoms with E-state index in [1.165, 1.54) is 24.0 Å². The molecule has 0 aromatic carbocycles. The molecule has 5 heterocycles. The summed E-state index contributed by atoms with van der Waals surface area (Å²) in [4.78, 5) is 7.14. The SMILES string of the molecule is Cc1c(-c2cc(Sc3ncccc3F)c3c(C#N)cnn3c2)cnn1C1CCN(CCO)CC1. The number of hydrogen-bond donors (Lipinski definition) is 1. The molecular weight excluding hydrogens is 453 g/mol. The van der Waals surface area contributed by atoms with E-state index < -0.39 is 5.82 Å². The minimum atomic E-state index is -0.411. The number of nitrogens with zero attached hydrogens (tertiary/aromatic N) is 7. The average Bonchev–Trinajstić information content (AvgIpc) is 3.44. The lowest BCUT2D eigenvalue weighted by atomic mass is 10.0. The first kappa shape index (κ1) is 22.5. The quantitative estimate of drug-likeness (QED) is 0.452. The van der Waals surface area contributed by atoms with Crippen molar-refractivity contribution < 1.29 is 9.50 Å². The second-order valence-electron chi connectivity index (χ2n) is 8.33. The van der Waals surface area contributed by atoms with Crippen molar-refractivity contribution in [2.45, 2.75) is 35.7 Å². The second-order valence-corrected chi connectivity index (χ2v) is 9.36. The Morgan fingerprint density at radius 2 is 2.09 bits per heavy atom. The van der Waals surface area contributed by atoms with E-state index in [0.29, 0.717) is 28.6 Å². The third-order valence-corrected chi connectivity index (χ3v) is 7.33. The maximum absolute atomic E-state index is 14.4. The summed E-state index contributed by atoms with van der Waals surface area (Å²) >= 11 is 1.18. The molecule has 0 aliphatic carbocycles. The summed E-state index contributed by atoms with van der Waals surface area (Å²) in [5.74, 6) is -0.411. The maximum atomic E-state index is 14.4. The first-order valence-electron chi connectivity index (χ1n) is 11.2. The molecule has 174 valence electrons. The molecule has 1 aliphatic rings. The normalized spacial score (nSPS) is 15.1. The topological polar surface area (TPSA) is 95.3 Å². The highest BCUT2D eigenvalue weighted by Gasteiger charge is 2.24. The molecule has 0 saturated carbocycles. The molecule has 0 radical (unpaired) electrons. The molecule has 0 unspecified atom stereocenters. The standard InChI is InChI=1S/C24H24FN7OS/c1-16-20(14-29-32(16)19-4-7-30(8-5-19)9-10-33)17-11-22(34-24-21(25)3-2-6-27-24)23-18(12-26)13-28-31(23)15-17/h2-3,6,11,13-15,19,33H,4-5,7-10H2,1H3. The van der Waals surface area contributed by atoms with Gasteiger partial charge in [-0.1, -0.05) is 11.8 Å². The van der Waals surface area contributed by atoms with E-state index in [1.54, 1.807) is 16.8 Å². The molecule has 10 heteroatoms. The van der Waals surface area contributed by atoms with Crippen LogP contribution in [0.4, 0.5) is 4.39 Å². The molecule has 4 aromatic heterocycles. The Hall–Kier alpha value is -3.26. The number of fused-ring (bicyclic) bond motifs is 1. The molecule has 1 fully saturated rings.